The van der Waals surface area contributed by atoms with Gasteiger partial charge < -0.3 is 10.6 Å². The molecular formula is C20H16F3N7O2S. The van der Waals surface area contributed by atoms with Crippen molar-refractivity contribution in [2.45, 2.75) is 26.2 Å². The molecule has 0 aliphatic heterocycles. The Bertz CT molecular complexity index is 1330. The molecule has 4 aromatic rings. The SMILES string of the molecule is CC(=O)c1ccc(CNc2n[nH]c3c(C(=O)NCc4ccnc(C(F)(F)F)c4)ncnc23)s1. The summed E-state index contributed by atoms with van der Waals surface area (Å²) in [5.41, 5.74) is -0.144. The Labute approximate surface area is 188 Å². The molecule has 4 heterocycles. The van der Waals surface area contributed by atoms with Gasteiger partial charge in [0, 0.05) is 17.6 Å². The summed E-state index contributed by atoms with van der Waals surface area (Å²) >= 11 is 1.36. The number of rotatable bonds is 7. The van der Waals surface area contributed by atoms with E-state index in [-0.39, 0.29) is 29.1 Å². The van der Waals surface area contributed by atoms with Gasteiger partial charge in [0.05, 0.1) is 11.4 Å². The monoisotopic (exact) mass is 475 g/mol. The van der Waals surface area contributed by atoms with Crippen molar-refractivity contribution in [1.29, 1.82) is 0 Å². The standard InChI is InChI=1S/C20H16F3N7O2S/c1-10(31)13-3-2-12(33-13)8-25-18-16-15(29-30-18)17(28-9-27-16)19(32)26-7-11-4-5-24-14(6-11)20(21,22)23/h2-6,9H,7-8H2,1H3,(H,26,32)(H2,25,29,30). The van der Waals surface area contributed by atoms with E-state index in [1.807, 2.05) is 6.07 Å². The van der Waals surface area contributed by atoms with Crippen molar-refractivity contribution in [2.75, 3.05) is 5.32 Å². The maximum Gasteiger partial charge on any atom is 0.433 e. The van der Waals surface area contributed by atoms with Crippen molar-refractivity contribution in [3.8, 4) is 0 Å². The molecule has 0 aliphatic rings. The lowest BCUT2D eigenvalue weighted by Gasteiger charge is -2.09. The molecule has 0 saturated heterocycles. The molecule has 0 radical (unpaired) electrons. The van der Waals surface area contributed by atoms with Gasteiger partial charge in [0.15, 0.2) is 17.3 Å². The first kappa shape index (κ1) is 22.3. The highest BCUT2D eigenvalue weighted by Crippen LogP contribution is 2.28. The Morgan fingerprint density at radius 2 is 1.94 bits per heavy atom. The summed E-state index contributed by atoms with van der Waals surface area (Å²) in [6.45, 7) is 1.75. The van der Waals surface area contributed by atoms with E-state index >= 15 is 0 Å². The highest BCUT2D eigenvalue weighted by Gasteiger charge is 2.32. The number of hydrogen-bond donors (Lipinski definition) is 3. The molecule has 0 unspecified atom stereocenters. The van der Waals surface area contributed by atoms with Crippen LogP contribution in [0.4, 0.5) is 19.0 Å². The summed E-state index contributed by atoms with van der Waals surface area (Å²) in [5, 5.41) is 12.5. The first-order valence-corrected chi connectivity index (χ1v) is 10.4. The second-order valence-electron chi connectivity index (χ2n) is 6.92. The Morgan fingerprint density at radius 1 is 1.12 bits per heavy atom. The van der Waals surface area contributed by atoms with Crippen LogP contribution in [0.3, 0.4) is 0 Å². The van der Waals surface area contributed by atoms with E-state index in [1.54, 1.807) is 6.07 Å². The number of aromatic amines is 1. The molecule has 9 nitrogen and oxygen atoms in total. The molecule has 4 rings (SSSR count). The van der Waals surface area contributed by atoms with Crippen molar-refractivity contribution < 1.29 is 22.8 Å². The lowest BCUT2D eigenvalue weighted by atomic mass is 10.2. The minimum absolute atomic E-state index is 0.000593. The predicted octanol–water partition coefficient (Wildman–Crippen LogP) is 3.57. The normalized spacial score (nSPS) is 11.5. The smallest absolute Gasteiger partial charge is 0.362 e. The van der Waals surface area contributed by atoms with Crippen LogP contribution < -0.4 is 10.6 Å². The molecular weight excluding hydrogens is 459 g/mol. The third kappa shape index (κ3) is 4.98. The predicted molar refractivity (Wildman–Crippen MR) is 114 cm³/mol. The van der Waals surface area contributed by atoms with Crippen molar-refractivity contribution in [3.63, 3.8) is 0 Å². The number of hydrogen-bond acceptors (Lipinski definition) is 8. The molecule has 170 valence electrons. The maximum atomic E-state index is 12.8. The fourth-order valence-corrected chi connectivity index (χ4v) is 3.81. The van der Waals surface area contributed by atoms with Gasteiger partial charge in [-0.25, -0.2) is 9.97 Å². The average Bonchev–Trinajstić information content (AvgIpc) is 3.43. The molecule has 33 heavy (non-hydrogen) atoms. The van der Waals surface area contributed by atoms with Crippen molar-refractivity contribution in [1.82, 2.24) is 30.5 Å². The maximum absolute atomic E-state index is 12.8. The van der Waals surface area contributed by atoms with Crippen LogP contribution in [-0.2, 0) is 19.3 Å². The minimum Gasteiger partial charge on any atom is -0.362 e. The summed E-state index contributed by atoms with van der Waals surface area (Å²) in [6.07, 6.45) is -2.34. The number of ketones is 1. The number of anilines is 1. The summed E-state index contributed by atoms with van der Waals surface area (Å²) in [4.78, 5) is 37.1. The number of thiophene rings is 1. The van der Waals surface area contributed by atoms with Crippen molar-refractivity contribution >= 4 is 39.9 Å². The van der Waals surface area contributed by atoms with Gasteiger partial charge in [-0.05, 0) is 36.8 Å². The second kappa shape index (κ2) is 8.94. The fraction of sp³-hybridized carbons (Fsp3) is 0.200. The van der Waals surface area contributed by atoms with Gasteiger partial charge in [0.25, 0.3) is 5.91 Å². The third-order valence-electron chi connectivity index (χ3n) is 4.57. The number of H-pyrrole nitrogens is 1. The number of Topliss-reactive ketones (excluding diaryl/α,β-unsaturated/α-hetero) is 1. The van der Waals surface area contributed by atoms with Crippen LogP contribution in [0.1, 0.15) is 43.2 Å². The third-order valence-corrected chi connectivity index (χ3v) is 5.76. The first-order valence-electron chi connectivity index (χ1n) is 9.55. The van der Waals surface area contributed by atoms with Crippen molar-refractivity contribution in [2.24, 2.45) is 0 Å². The Balaban J connectivity index is 1.46. The van der Waals surface area contributed by atoms with E-state index in [0.717, 1.165) is 17.1 Å². The van der Waals surface area contributed by atoms with Crippen LogP contribution in [0, 0.1) is 0 Å². The van der Waals surface area contributed by atoms with E-state index in [9.17, 15) is 22.8 Å². The van der Waals surface area contributed by atoms with Crippen LogP contribution in [0.25, 0.3) is 11.0 Å². The summed E-state index contributed by atoms with van der Waals surface area (Å²) in [5.74, 6) is -0.225. The quantitative estimate of drug-likeness (QED) is 0.349. The van der Waals surface area contributed by atoms with E-state index in [0.29, 0.717) is 22.8 Å². The average molecular weight is 475 g/mol. The number of halogens is 3. The number of carbonyl (C=O) groups is 2. The minimum atomic E-state index is -4.57. The van der Waals surface area contributed by atoms with Crippen LogP contribution in [0.5, 0.6) is 0 Å². The topological polar surface area (TPSA) is 126 Å². The number of fused-ring (bicyclic) bond motifs is 1. The molecule has 0 aliphatic carbocycles. The number of carbonyl (C=O) groups excluding carboxylic acids is 2. The van der Waals surface area contributed by atoms with E-state index in [4.69, 9.17) is 0 Å². The molecule has 3 N–H and O–H groups in total. The zero-order valence-corrected chi connectivity index (χ0v) is 17.8. The fourth-order valence-electron chi connectivity index (χ4n) is 2.97. The molecule has 0 atom stereocenters. The molecule has 0 fully saturated rings. The number of amides is 1. The van der Waals surface area contributed by atoms with Gasteiger partial charge in [0.1, 0.15) is 23.1 Å². The highest BCUT2D eigenvalue weighted by atomic mass is 32.1. The number of nitrogens with one attached hydrogen (secondary N) is 3. The van der Waals surface area contributed by atoms with Gasteiger partial charge >= 0.3 is 6.18 Å². The Kier molecular flexibility index (Phi) is 6.05. The number of pyridine rings is 1. The summed E-state index contributed by atoms with van der Waals surface area (Å²) in [7, 11) is 0. The van der Waals surface area contributed by atoms with Gasteiger partial charge in [0.2, 0.25) is 0 Å². The summed E-state index contributed by atoms with van der Waals surface area (Å²) < 4.78 is 38.5. The van der Waals surface area contributed by atoms with Crippen LogP contribution in [-0.4, -0.2) is 36.8 Å². The zero-order chi connectivity index (χ0) is 23.6. The van der Waals surface area contributed by atoms with Gasteiger partial charge in [-0.15, -0.1) is 11.3 Å². The Hall–Kier alpha value is -3.87. The molecule has 0 saturated carbocycles. The second-order valence-corrected chi connectivity index (χ2v) is 8.09. The first-order chi connectivity index (χ1) is 15.7. The van der Waals surface area contributed by atoms with Crippen LogP contribution >= 0.6 is 11.3 Å². The van der Waals surface area contributed by atoms with Crippen molar-refractivity contribution in [3.05, 3.63) is 63.5 Å². The van der Waals surface area contributed by atoms with Gasteiger partial charge in [-0.2, -0.15) is 18.3 Å². The number of nitrogens with zero attached hydrogens (tertiary/aromatic N) is 4. The van der Waals surface area contributed by atoms with E-state index in [1.165, 1.54) is 30.7 Å². The largest absolute Gasteiger partial charge is 0.433 e. The zero-order valence-electron chi connectivity index (χ0n) is 17.0. The lowest BCUT2D eigenvalue weighted by Crippen LogP contribution is -2.24. The summed E-state index contributed by atoms with van der Waals surface area (Å²) in [6, 6.07) is 5.83. The number of aromatic nitrogens is 5. The highest BCUT2D eigenvalue weighted by molar-refractivity contribution is 7.14. The van der Waals surface area contributed by atoms with Gasteiger partial charge in [-0.3, -0.25) is 19.7 Å². The van der Waals surface area contributed by atoms with E-state index in [2.05, 4.69) is 35.8 Å². The number of alkyl halides is 3. The molecule has 0 spiro atoms. The molecule has 1 amide bonds. The van der Waals surface area contributed by atoms with E-state index < -0.39 is 17.8 Å². The lowest BCUT2D eigenvalue weighted by molar-refractivity contribution is -0.141. The van der Waals surface area contributed by atoms with Crippen LogP contribution in [0.15, 0.2) is 36.8 Å². The van der Waals surface area contributed by atoms with Gasteiger partial charge in [-0.1, -0.05) is 0 Å². The molecule has 0 bridgehead atoms. The molecule has 0 aromatic carbocycles. The molecule has 13 heteroatoms. The van der Waals surface area contributed by atoms with Crippen LogP contribution in [0.2, 0.25) is 0 Å². The molecule has 4 aromatic heterocycles. The Morgan fingerprint density at radius 3 is 2.67 bits per heavy atom.